The average molecular weight is 325 g/mol. The van der Waals surface area contributed by atoms with E-state index < -0.39 is 5.41 Å². The Morgan fingerprint density at radius 2 is 1.74 bits per heavy atom. The maximum atomic E-state index is 12.7. The molecule has 1 atom stereocenters. The second-order valence-corrected chi connectivity index (χ2v) is 6.77. The molecular formula is C16H27N3O4. The minimum absolute atomic E-state index is 0.0191. The van der Waals surface area contributed by atoms with Gasteiger partial charge in [-0.25, -0.2) is 0 Å². The zero-order chi connectivity index (χ0) is 17.0. The molecule has 0 radical (unpaired) electrons. The Morgan fingerprint density at radius 3 is 2.26 bits per heavy atom. The highest BCUT2D eigenvalue weighted by Gasteiger charge is 2.40. The molecule has 2 rings (SSSR count). The van der Waals surface area contributed by atoms with E-state index in [0.29, 0.717) is 32.7 Å². The molecule has 2 saturated heterocycles. The van der Waals surface area contributed by atoms with Crippen molar-refractivity contribution < 1.29 is 19.1 Å². The molecule has 3 amide bonds. The van der Waals surface area contributed by atoms with Crippen LogP contribution in [0.4, 0.5) is 0 Å². The van der Waals surface area contributed by atoms with Crippen molar-refractivity contribution in [3.05, 3.63) is 0 Å². The molecule has 2 aliphatic rings. The fourth-order valence-corrected chi connectivity index (χ4v) is 2.95. The van der Waals surface area contributed by atoms with Gasteiger partial charge in [-0.2, -0.15) is 0 Å². The molecule has 0 saturated carbocycles. The van der Waals surface area contributed by atoms with Gasteiger partial charge in [0.15, 0.2) is 0 Å². The maximum absolute atomic E-state index is 12.7. The minimum atomic E-state index is -1.11. The van der Waals surface area contributed by atoms with E-state index in [9.17, 15) is 14.4 Å². The third-order valence-corrected chi connectivity index (χ3v) is 4.63. The normalized spacial score (nSPS) is 22.1. The molecule has 1 N–H and O–H groups in total. The predicted molar refractivity (Wildman–Crippen MR) is 84.6 cm³/mol. The van der Waals surface area contributed by atoms with Crippen molar-refractivity contribution in [3.63, 3.8) is 0 Å². The predicted octanol–water partition coefficient (Wildman–Crippen LogP) is -0.00150. The van der Waals surface area contributed by atoms with Crippen LogP contribution in [0, 0.1) is 5.41 Å². The van der Waals surface area contributed by atoms with E-state index in [1.165, 1.54) is 6.92 Å². The highest BCUT2D eigenvalue weighted by Crippen LogP contribution is 2.21. The van der Waals surface area contributed by atoms with Gasteiger partial charge in [0.25, 0.3) is 0 Å². The lowest BCUT2D eigenvalue weighted by molar-refractivity contribution is -0.151. The molecule has 1 unspecified atom stereocenters. The molecule has 7 nitrogen and oxygen atoms in total. The average Bonchev–Trinajstić information content (AvgIpc) is 3.05. The summed E-state index contributed by atoms with van der Waals surface area (Å²) in [6.45, 7) is 8.01. The van der Waals surface area contributed by atoms with Crippen molar-refractivity contribution in [2.24, 2.45) is 5.41 Å². The topological polar surface area (TPSA) is 79.0 Å². The summed E-state index contributed by atoms with van der Waals surface area (Å²) in [5, 5.41) is 2.84. The zero-order valence-electron chi connectivity index (χ0n) is 14.3. The van der Waals surface area contributed by atoms with Gasteiger partial charge >= 0.3 is 0 Å². The quantitative estimate of drug-likeness (QED) is 0.738. The standard InChI is InChI=1S/C16H27N3O4/c1-12(20)18-6-8-19(9-7-18)15(22)16(2,3)14(21)17-11-13-5-4-10-23-13/h13H,4-11H2,1-3H3,(H,17,21). The van der Waals surface area contributed by atoms with Crippen molar-refractivity contribution >= 4 is 17.7 Å². The van der Waals surface area contributed by atoms with Crippen LogP contribution < -0.4 is 5.32 Å². The number of hydrogen-bond acceptors (Lipinski definition) is 4. The molecule has 0 bridgehead atoms. The summed E-state index contributed by atoms with van der Waals surface area (Å²) in [7, 11) is 0. The first-order valence-electron chi connectivity index (χ1n) is 8.27. The third-order valence-electron chi connectivity index (χ3n) is 4.63. The van der Waals surface area contributed by atoms with Crippen LogP contribution >= 0.6 is 0 Å². The molecule has 0 aliphatic carbocycles. The number of piperazine rings is 1. The van der Waals surface area contributed by atoms with Crippen LogP contribution in [0.5, 0.6) is 0 Å². The van der Waals surface area contributed by atoms with Crippen molar-refractivity contribution in [3.8, 4) is 0 Å². The summed E-state index contributed by atoms with van der Waals surface area (Å²) in [6.07, 6.45) is 2.02. The van der Waals surface area contributed by atoms with Crippen molar-refractivity contribution in [1.29, 1.82) is 0 Å². The van der Waals surface area contributed by atoms with E-state index in [1.54, 1.807) is 23.6 Å². The van der Waals surface area contributed by atoms with Gasteiger partial charge < -0.3 is 19.9 Å². The molecular weight excluding hydrogens is 298 g/mol. The Kier molecular flexibility index (Phi) is 5.62. The van der Waals surface area contributed by atoms with Gasteiger partial charge in [0, 0.05) is 46.3 Å². The van der Waals surface area contributed by atoms with Crippen LogP contribution in [0.25, 0.3) is 0 Å². The molecule has 0 aromatic heterocycles. The second-order valence-electron chi connectivity index (χ2n) is 6.77. The first-order valence-corrected chi connectivity index (χ1v) is 8.27. The molecule has 130 valence electrons. The van der Waals surface area contributed by atoms with Gasteiger partial charge in [0.2, 0.25) is 17.7 Å². The van der Waals surface area contributed by atoms with Crippen molar-refractivity contribution in [2.45, 2.75) is 39.7 Å². The summed E-state index contributed by atoms with van der Waals surface area (Å²) in [5.41, 5.74) is -1.11. The lowest BCUT2D eigenvalue weighted by atomic mass is 9.90. The van der Waals surface area contributed by atoms with Crippen molar-refractivity contribution in [1.82, 2.24) is 15.1 Å². The van der Waals surface area contributed by atoms with Gasteiger partial charge in [-0.05, 0) is 26.7 Å². The smallest absolute Gasteiger partial charge is 0.237 e. The second kappa shape index (κ2) is 7.29. The van der Waals surface area contributed by atoms with Gasteiger partial charge in [-0.1, -0.05) is 0 Å². The number of carbonyl (C=O) groups excluding carboxylic acids is 3. The maximum Gasteiger partial charge on any atom is 0.237 e. The minimum Gasteiger partial charge on any atom is -0.376 e. The highest BCUT2D eigenvalue weighted by atomic mass is 16.5. The fraction of sp³-hybridized carbons (Fsp3) is 0.812. The van der Waals surface area contributed by atoms with E-state index >= 15 is 0 Å². The van der Waals surface area contributed by atoms with Crippen LogP contribution in [0.1, 0.15) is 33.6 Å². The van der Waals surface area contributed by atoms with E-state index in [0.717, 1.165) is 19.4 Å². The SMILES string of the molecule is CC(=O)N1CCN(C(=O)C(C)(C)C(=O)NCC2CCCO2)CC1. The number of ether oxygens (including phenoxy) is 1. The fourth-order valence-electron chi connectivity index (χ4n) is 2.95. The molecule has 7 heteroatoms. The number of rotatable bonds is 4. The summed E-state index contributed by atoms with van der Waals surface area (Å²) >= 11 is 0. The highest BCUT2D eigenvalue weighted by molar-refractivity contribution is 6.04. The molecule has 23 heavy (non-hydrogen) atoms. The van der Waals surface area contributed by atoms with Crippen LogP contribution in [-0.4, -0.2) is 73.0 Å². The summed E-state index contributed by atoms with van der Waals surface area (Å²) in [5.74, 6) is -0.441. The van der Waals surface area contributed by atoms with Gasteiger partial charge in [0.05, 0.1) is 6.10 Å². The Hall–Kier alpha value is -1.63. The third kappa shape index (κ3) is 4.22. The first-order chi connectivity index (χ1) is 10.8. The van der Waals surface area contributed by atoms with E-state index in [4.69, 9.17) is 4.74 Å². The molecule has 0 aromatic carbocycles. The number of nitrogens with zero attached hydrogens (tertiary/aromatic N) is 2. The van der Waals surface area contributed by atoms with Crippen molar-refractivity contribution in [2.75, 3.05) is 39.3 Å². The monoisotopic (exact) mass is 325 g/mol. The van der Waals surface area contributed by atoms with E-state index in [-0.39, 0.29) is 23.8 Å². The number of amides is 3. The molecule has 0 spiro atoms. The molecule has 2 aliphatic heterocycles. The lowest BCUT2D eigenvalue weighted by Crippen LogP contribution is -2.56. The van der Waals surface area contributed by atoms with Gasteiger partial charge in [0.1, 0.15) is 5.41 Å². The summed E-state index contributed by atoms with van der Waals surface area (Å²) in [6, 6.07) is 0. The zero-order valence-corrected chi connectivity index (χ0v) is 14.3. The molecule has 2 fully saturated rings. The number of nitrogens with one attached hydrogen (secondary N) is 1. The largest absolute Gasteiger partial charge is 0.376 e. The van der Waals surface area contributed by atoms with E-state index in [2.05, 4.69) is 5.32 Å². The number of hydrogen-bond donors (Lipinski definition) is 1. The van der Waals surface area contributed by atoms with Crippen LogP contribution in [0.3, 0.4) is 0 Å². The molecule has 0 aromatic rings. The van der Waals surface area contributed by atoms with Crippen LogP contribution in [0.15, 0.2) is 0 Å². The summed E-state index contributed by atoms with van der Waals surface area (Å²) < 4.78 is 5.48. The summed E-state index contributed by atoms with van der Waals surface area (Å²) in [4.78, 5) is 39.8. The molecule has 2 heterocycles. The Bertz CT molecular complexity index is 464. The van der Waals surface area contributed by atoms with Gasteiger partial charge in [-0.15, -0.1) is 0 Å². The van der Waals surface area contributed by atoms with E-state index in [1.807, 2.05) is 0 Å². The number of carbonyl (C=O) groups is 3. The lowest BCUT2D eigenvalue weighted by Gasteiger charge is -2.37. The first kappa shape index (κ1) is 17.7. The van der Waals surface area contributed by atoms with Crippen LogP contribution in [0.2, 0.25) is 0 Å². The van der Waals surface area contributed by atoms with Crippen LogP contribution in [-0.2, 0) is 19.1 Å². The van der Waals surface area contributed by atoms with Gasteiger partial charge in [-0.3, -0.25) is 14.4 Å². The Labute approximate surface area is 137 Å². The Balaban J connectivity index is 1.86. The Morgan fingerprint density at radius 1 is 1.13 bits per heavy atom.